The van der Waals surface area contributed by atoms with Crippen molar-refractivity contribution in [2.24, 2.45) is 5.92 Å². The van der Waals surface area contributed by atoms with E-state index in [9.17, 15) is 4.79 Å². The van der Waals surface area contributed by atoms with E-state index in [2.05, 4.69) is 16.2 Å². The number of carbonyl (C=O) groups is 1. The molecule has 0 radical (unpaired) electrons. The fraction of sp³-hybridized carbons (Fsp3) is 0.222. The third-order valence-electron chi connectivity index (χ3n) is 4.37. The van der Waals surface area contributed by atoms with Crippen LogP contribution in [-0.4, -0.2) is 34.2 Å². The summed E-state index contributed by atoms with van der Waals surface area (Å²) in [5.41, 5.74) is 3.20. The highest BCUT2D eigenvalue weighted by Crippen LogP contribution is 2.31. The van der Waals surface area contributed by atoms with Crippen molar-refractivity contribution < 1.29 is 9.53 Å². The number of aromatic nitrogens is 3. The summed E-state index contributed by atoms with van der Waals surface area (Å²) in [6.45, 7) is 0.536. The van der Waals surface area contributed by atoms with E-state index in [0.717, 1.165) is 22.5 Å². The number of ether oxygens (including phenoxy) is 1. The summed E-state index contributed by atoms with van der Waals surface area (Å²) < 4.78 is 6.90. The predicted octanol–water partition coefficient (Wildman–Crippen LogP) is 2.28. The van der Waals surface area contributed by atoms with Crippen molar-refractivity contribution in [3.63, 3.8) is 0 Å². The summed E-state index contributed by atoms with van der Waals surface area (Å²) in [6, 6.07) is 11.4. The van der Waals surface area contributed by atoms with Crippen molar-refractivity contribution in [2.75, 3.05) is 18.6 Å². The molecule has 25 heavy (non-hydrogen) atoms. The van der Waals surface area contributed by atoms with Crippen LogP contribution >= 0.6 is 0 Å². The number of rotatable bonds is 3. The maximum Gasteiger partial charge on any atom is 0.244 e. The minimum atomic E-state index is -0.567. The number of nitriles is 1. The van der Waals surface area contributed by atoms with E-state index in [0.29, 0.717) is 18.8 Å². The lowest BCUT2D eigenvalue weighted by Gasteiger charge is -2.16. The molecule has 0 saturated carbocycles. The van der Waals surface area contributed by atoms with Gasteiger partial charge in [-0.2, -0.15) is 10.4 Å². The fourth-order valence-electron chi connectivity index (χ4n) is 3.10. The van der Waals surface area contributed by atoms with E-state index in [-0.39, 0.29) is 5.91 Å². The van der Waals surface area contributed by atoms with Crippen molar-refractivity contribution in [1.82, 2.24) is 14.6 Å². The Hall–Kier alpha value is -3.40. The van der Waals surface area contributed by atoms with Crippen LogP contribution in [0, 0.1) is 17.2 Å². The van der Waals surface area contributed by atoms with Gasteiger partial charge >= 0.3 is 0 Å². The SMILES string of the molecule is COc1cccc(-c2cc3c(N4CCC(C#N)C4=O)ccnn3c2)n1. The molecule has 1 saturated heterocycles. The number of hydrogen-bond donors (Lipinski definition) is 0. The third kappa shape index (κ3) is 2.48. The van der Waals surface area contributed by atoms with Gasteiger partial charge in [0, 0.05) is 30.6 Å². The molecular weight excluding hydrogens is 318 g/mol. The Kier molecular flexibility index (Phi) is 3.58. The van der Waals surface area contributed by atoms with Crippen molar-refractivity contribution in [3.05, 3.63) is 42.7 Å². The van der Waals surface area contributed by atoms with Gasteiger partial charge in [0.2, 0.25) is 11.8 Å². The molecule has 0 aliphatic carbocycles. The van der Waals surface area contributed by atoms with Gasteiger partial charge in [-0.25, -0.2) is 9.50 Å². The lowest BCUT2D eigenvalue weighted by Crippen LogP contribution is -2.27. The molecule has 4 rings (SSSR count). The van der Waals surface area contributed by atoms with Crippen molar-refractivity contribution in [2.45, 2.75) is 6.42 Å². The average molecular weight is 333 g/mol. The number of fused-ring (bicyclic) bond motifs is 1. The maximum atomic E-state index is 12.4. The van der Waals surface area contributed by atoms with Crippen LogP contribution in [0.2, 0.25) is 0 Å². The highest BCUT2D eigenvalue weighted by Gasteiger charge is 2.33. The number of methoxy groups -OCH3 is 1. The maximum absolute atomic E-state index is 12.4. The number of amides is 1. The molecule has 3 aromatic heterocycles. The summed E-state index contributed by atoms with van der Waals surface area (Å²) in [7, 11) is 1.58. The minimum absolute atomic E-state index is 0.155. The molecule has 3 aromatic rings. The van der Waals surface area contributed by atoms with E-state index in [1.54, 1.807) is 34.9 Å². The summed E-state index contributed by atoms with van der Waals surface area (Å²) in [5.74, 6) is -0.187. The number of nitrogens with zero attached hydrogens (tertiary/aromatic N) is 5. The number of anilines is 1. The van der Waals surface area contributed by atoms with Gasteiger partial charge in [0.05, 0.1) is 30.1 Å². The van der Waals surface area contributed by atoms with Crippen LogP contribution in [0.4, 0.5) is 5.69 Å². The Labute approximate surface area is 144 Å². The molecule has 4 heterocycles. The van der Waals surface area contributed by atoms with Gasteiger partial charge in [0.1, 0.15) is 5.92 Å². The van der Waals surface area contributed by atoms with E-state index < -0.39 is 5.92 Å². The highest BCUT2D eigenvalue weighted by molar-refractivity contribution is 6.02. The first-order valence-electron chi connectivity index (χ1n) is 7.91. The van der Waals surface area contributed by atoms with Crippen LogP contribution in [0.3, 0.4) is 0 Å². The normalized spacial score (nSPS) is 17.0. The Balaban J connectivity index is 1.79. The van der Waals surface area contributed by atoms with E-state index in [4.69, 9.17) is 10.00 Å². The molecule has 0 N–H and O–H groups in total. The van der Waals surface area contributed by atoms with Gasteiger partial charge in [-0.1, -0.05) is 6.07 Å². The molecule has 1 atom stereocenters. The first-order chi connectivity index (χ1) is 12.2. The molecule has 1 amide bonds. The van der Waals surface area contributed by atoms with Crippen LogP contribution in [0.1, 0.15) is 6.42 Å². The standard InChI is InChI=1S/C18H15N5O2/c1-25-17-4-2-3-14(21-17)13-9-16-15(5-7-20-23(16)11-13)22-8-6-12(10-19)18(22)24/h2-5,7,9,11-12H,6,8H2,1H3. The number of hydrogen-bond acceptors (Lipinski definition) is 5. The molecule has 124 valence electrons. The Bertz CT molecular complexity index is 1000. The molecule has 1 aliphatic rings. The second kappa shape index (κ2) is 5.91. The van der Waals surface area contributed by atoms with Crippen LogP contribution in [0.5, 0.6) is 5.88 Å². The quantitative estimate of drug-likeness (QED) is 0.734. The van der Waals surface area contributed by atoms with Crippen LogP contribution in [0.25, 0.3) is 16.8 Å². The van der Waals surface area contributed by atoms with Gasteiger partial charge in [0.15, 0.2) is 0 Å². The highest BCUT2D eigenvalue weighted by atomic mass is 16.5. The van der Waals surface area contributed by atoms with Gasteiger partial charge in [0.25, 0.3) is 0 Å². The van der Waals surface area contributed by atoms with Gasteiger partial charge < -0.3 is 9.64 Å². The van der Waals surface area contributed by atoms with Crippen LogP contribution < -0.4 is 9.64 Å². The molecule has 1 unspecified atom stereocenters. The Morgan fingerprint density at radius 3 is 3.00 bits per heavy atom. The molecule has 0 bridgehead atoms. The zero-order valence-corrected chi connectivity index (χ0v) is 13.6. The lowest BCUT2D eigenvalue weighted by atomic mass is 10.1. The Morgan fingerprint density at radius 2 is 2.24 bits per heavy atom. The first-order valence-corrected chi connectivity index (χ1v) is 7.91. The molecular formula is C18H15N5O2. The molecule has 1 fully saturated rings. The van der Waals surface area contributed by atoms with Gasteiger partial charge in [-0.05, 0) is 24.6 Å². The second-order valence-corrected chi connectivity index (χ2v) is 5.80. The first kappa shape index (κ1) is 15.1. The molecule has 7 heteroatoms. The monoisotopic (exact) mass is 333 g/mol. The zero-order chi connectivity index (χ0) is 17.4. The largest absolute Gasteiger partial charge is 0.481 e. The van der Waals surface area contributed by atoms with Crippen LogP contribution in [-0.2, 0) is 4.79 Å². The zero-order valence-electron chi connectivity index (χ0n) is 13.6. The smallest absolute Gasteiger partial charge is 0.244 e. The van der Waals surface area contributed by atoms with Crippen molar-refractivity contribution in [1.29, 1.82) is 5.26 Å². The molecule has 7 nitrogen and oxygen atoms in total. The summed E-state index contributed by atoms with van der Waals surface area (Å²) in [4.78, 5) is 18.5. The van der Waals surface area contributed by atoms with E-state index >= 15 is 0 Å². The predicted molar refractivity (Wildman–Crippen MR) is 91.0 cm³/mol. The van der Waals surface area contributed by atoms with Crippen molar-refractivity contribution >= 4 is 17.1 Å². The summed E-state index contributed by atoms with van der Waals surface area (Å²) in [5, 5.41) is 13.4. The van der Waals surface area contributed by atoms with E-state index in [1.807, 2.05) is 24.4 Å². The molecule has 1 aliphatic heterocycles. The fourth-order valence-corrected chi connectivity index (χ4v) is 3.10. The molecule has 0 spiro atoms. The Morgan fingerprint density at radius 1 is 1.36 bits per heavy atom. The summed E-state index contributed by atoms with van der Waals surface area (Å²) >= 11 is 0. The average Bonchev–Trinajstić information content (AvgIpc) is 3.25. The number of carbonyl (C=O) groups excluding carboxylic acids is 1. The third-order valence-corrected chi connectivity index (χ3v) is 4.37. The van der Waals surface area contributed by atoms with Gasteiger partial charge in [-0.15, -0.1) is 0 Å². The van der Waals surface area contributed by atoms with Crippen molar-refractivity contribution in [3.8, 4) is 23.2 Å². The second-order valence-electron chi connectivity index (χ2n) is 5.80. The van der Waals surface area contributed by atoms with Gasteiger partial charge in [-0.3, -0.25) is 4.79 Å². The van der Waals surface area contributed by atoms with E-state index in [1.165, 1.54) is 0 Å². The lowest BCUT2D eigenvalue weighted by molar-refractivity contribution is -0.118. The minimum Gasteiger partial charge on any atom is -0.481 e. The number of pyridine rings is 1. The summed E-state index contributed by atoms with van der Waals surface area (Å²) in [6.07, 6.45) is 4.07. The molecule has 0 aromatic carbocycles. The topological polar surface area (TPSA) is 83.5 Å². The van der Waals surface area contributed by atoms with Crippen LogP contribution in [0.15, 0.2) is 42.7 Å².